The second-order valence-corrected chi connectivity index (χ2v) is 6.79. The zero-order valence-electron chi connectivity index (χ0n) is 12.0. The number of benzene rings is 1. The molecule has 1 fully saturated rings. The van der Waals surface area contributed by atoms with E-state index in [0.717, 1.165) is 17.7 Å². The average molecular weight is 334 g/mol. The number of carbonyl (C=O) groups is 2. The highest BCUT2D eigenvalue weighted by Crippen LogP contribution is 2.25. The summed E-state index contributed by atoms with van der Waals surface area (Å²) in [5, 5.41) is 2.51. The van der Waals surface area contributed by atoms with Crippen LogP contribution in [0.2, 0.25) is 5.02 Å². The molecule has 2 aromatic rings. The van der Waals surface area contributed by atoms with Gasteiger partial charge in [0.05, 0.1) is 4.88 Å². The van der Waals surface area contributed by atoms with Gasteiger partial charge in [-0.3, -0.25) is 9.59 Å². The molecule has 1 unspecified atom stereocenters. The summed E-state index contributed by atoms with van der Waals surface area (Å²) in [6.07, 6.45) is 2.23. The topological polar surface area (TPSA) is 37.4 Å². The van der Waals surface area contributed by atoms with Gasteiger partial charge in [-0.25, -0.2) is 0 Å². The van der Waals surface area contributed by atoms with Crippen LogP contribution in [0.4, 0.5) is 0 Å². The first-order valence-corrected chi connectivity index (χ1v) is 8.54. The van der Waals surface area contributed by atoms with E-state index >= 15 is 0 Å². The van der Waals surface area contributed by atoms with Gasteiger partial charge in [0.2, 0.25) is 0 Å². The molecule has 0 saturated carbocycles. The lowest BCUT2D eigenvalue weighted by molar-refractivity contribution is 0.0717. The highest BCUT2D eigenvalue weighted by Gasteiger charge is 2.31. The SMILES string of the molecule is O=C(CC1CCCN1C(=O)c1ccc(Cl)cc1)c1cccs1. The van der Waals surface area contributed by atoms with Crippen molar-refractivity contribution < 1.29 is 9.59 Å². The Labute approximate surface area is 138 Å². The molecule has 3 nitrogen and oxygen atoms in total. The van der Waals surface area contributed by atoms with Crippen LogP contribution >= 0.6 is 22.9 Å². The van der Waals surface area contributed by atoms with Gasteiger partial charge in [-0.05, 0) is 48.6 Å². The lowest BCUT2D eigenvalue weighted by atomic mass is 10.1. The van der Waals surface area contributed by atoms with Gasteiger partial charge in [-0.1, -0.05) is 17.7 Å². The maximum atomic E-state index is 12.6. The van der Waals surface area contributed by atoms with E-state index in [0.29, 0.717) is 23.6 Å². The van der Waals surface area contributed by atoms with Crippen LogP contribution in [0.5, 0.6) is 0 Å². The molecule has 1 aliphatic rings. The van der Waals surface area contributed by atoms with Crippen LogP contribution in [0.1, 0.15) is 39.3 Å². The van der Waals surface area contributed by atoms with Gasteiger partial charge in [0, 0.05) is 29.6 Å². The summed E-state index contributed by atoms with van der Waals surface area (Å²) in [4.78, 5) is 27.5. The molecular weight excluding hydrogens is 318 g/mol. The highest BCUT2D eigenvalue weighted by molar-refractivity contribution is 7.12. The summed E-state index contributed by atoms with van der Waals surface area (Å²) in [5.74, 6) is 0.106. The van der Waals surface area contributed by atoms with Crippen LogP contribution in [0.3, 0.4) is 0 Å². The van der Waals surface area contributed by atoms with Crippen LogP contribution in [0.15, 0.2) is 41.8 Å². The van der Waals surface area contributed by atoms with Crippen LogP contribution in [-0.4, -0.2) is 29.2 Å². The van der Waals surface area contributed by atoms with Crippen molar-refractivity contribution in [1.82, 2.24) is 4.90 Å². The van der Waals surface area contributed by atoms with Crippen LogP contribution in [-0.2, 0) is 0 Å². The molecule has 0 N–H and O–H groups in total. The van der Waals surface area contributed by atoms with Gasteiger partial charge in [-0.2, -0.15) is 0 Å². The van der Waals surface area contributed by atoms with Crippen LogP contribution in [0, 0.1) is 0 Å². The number of Topliss-reactive ketones (excluding diaryl/α,β-unsaturated/α-hetero) is 1. The van der Waals surface area contributed by atoms with E-state index < -0.39 is 0 Å². The van der Waals surface area contributed by atoms with Gasteiger partial charge in [-0.15, -0.1) is 11.3 Å². The Morgan fingerprint density at radius 2 is 2.00 bits per heavy atom. The van der Waals surface area contributed by atoms with E-state index in [1.807, 2.05) is 22.4 Å². The number of hydrogen-bond acceptors (Lipinski definition) is 3. The molecule has 0 radical (unpaired) electrons. The molecule has 5 heteroatoms. The Hall–Kier alpha value is -1.65. The van der Waals surface area contributed by atoms with Gasteiger partial charge >= 0.3 is 0 Å². The fourth-order valence-electron chi connectivity index (χ4n) is 2.83. The molecule has 1 aromatic heterocycles. The quantitative estimate of drug-likeness (QED) is 0.783. The molecular formula is C17H16ClNO2S. The van der Waals surface area contributed by atoms with Crippen molar-refractivity contribution in [3.63, 3.8) is 0 Å². The first-order chi connectivity index (χ1) is 10.6. The molecule has 1 atom stereocenters. The fraction of sp³-hybridized carbons (Fsp3) is 0.294. The largest absolute Gasteiger partial charge is 0.335 e. The van der Waals surface area contributed by atoms with Gasteiger partial charge < -0.3 is 4.90 Å². The van der Waals surface area contributed by atoms with E-state index in [4.69, 9.17) is 11.6 Å². The number of nitrogens with zero attached hydrogens (tertiary/aromatic N) is 1. The molecule has 0 bridgehead atoms. The molecule has 1 aromatic carbocycles. The number of amides is 1. The number of carbonyl (C=O) groups excluding carboxylic acids is 2. The highest BCUT2D eigenvalue weighted by atomic mass is 35.5. The van der Waals surface area contributed by atoms with Gasteiger partial charge in [0.15, 0.2) is 5.78 Å². The van der Waals surface area contributed by atoms with E-state index in [2.05, 4.69) is 0 Å². The maximum Gasteiger partial charge on any atom is 0.254 e. The number of halogens is 1. The molecule has 1 amide bonds. The summed E-state index contributed by atoms with van der Waals surface area (Å²) >= 11 is 7.32. The summed E-state index contributed by atoms with van der Waals surface area (Å²) in [6, 6.07) is 10.6. The Morgan fingerprint density at radius 1 is 1.23 bits per heavy atom. The Bertz CT molecular complexity index is 666. The normalized spacial score (nSPS) is 17.7. The number of rotatable bonds is 4. The second-order valence-electron chi connectivity index (χ2n) is 5.41. The average Bonchev–Trinajstić information content (AvgIpc) is 3.18. The van der Waals surface area contributed by atoms with Gasteiger partial charge in [0.1, 0.15) is 0 Å². The van der Waals surface area contributed by atoms with Crippen molar-refractivity contribution in [3.8, 4) is 0 Å². The third-order valence-electron chi connectivity index (χ3n) is 3.95. The first kappa shape index (κ1) is 15.3. The Morgan fingerprint density at radius 3 is 2.68 bits per heavy atom. The van der Waals surface area contributed by atoms with Crippen molar-refractivity contribution in [2.45, 2.75) is 25.3 Å². The lowest BCUT2D eigenvalue weighted by Crippen LogP contribution is -2.36. The predicted molar refractivity (Wildman–Crippen MR) is 88.8 cm³/mol. The summed E-state index contributed by atoms with van der Waals surface area (Å²) in [7, 11) is 0. The summed E-state index contributed by atoms with van der Waals surface area (Å²) in [6.45, 7) is 0.712. The van der Waals surface area contributed by atoms with Crippen molar-refractivity contribution >= 4 is 34.6 Å². The van der Waals surface area contributed by atoms with E-state index in [1.165, 1.54) is 11.3 Å². The van der Waals surface area contributed by atoms with Crippen molar-refractivity contribution in [2.75, 3.05) is 6.54 Å². The molecule has 22 heavy (non-hydrogen) atoms. The summed E-state index contributed by atoms with van der Waals surface area (Å²) < 4.78 is 0. The standard InChI is InChI=1S/C17H16ClNO2S/c18-13-7-5-12(6-8-13)17(21)19-9-1-3-14(19)11-15(20)16-4-2-10-22-16/h2,4-8,10,14H,1,3,9,11H2. The van der Waals surface area contributed by atoms with Crippen LogP contribution < -0.4 is 0 Å². The van der Waals surface area contributed by atoms with E-state index in [1.54, 1.807) is 24.3 Å². The van der Waals surface area contributed by atoms with Crippen molar-refractivity contribution in [1.29, 1.82) is 0 Å². The van der Waals surface area contributed by atoms with Crippen molar-refractivity contribution in [3.05, 3.63) is 57.2 Å². The fourth-order valence-corrected chi connectivity index (χ4v) is 3.63. The van der Waals surface area contributed by atoms with Crippen molar-refractivity contribution in [2.24, 2.45) is 0 Å². The number of hydrogen-bond donors (Lipinski definition) is 0. The summed E-state index contributed by atoms with van der Waals surface area (Å²) in [5.41, 5.74) is 0.625. The zero-order chi connectivity index (χ0) is 15.5. The Balaban J connectivity index is 1.71. The number of ketones is 1. The third-order valence-corrected chi connectivity index (χ3v) is 5.11. The molecule has 1 aliphatic heterocycles. The minimum absolute atomic E-state index is 0.00206. The van der Waals surface area contributed by atoms with Crippen LogP contribution in [0.25, 0.3) is 0 Å². The monoisotopic (exact) mass is 333 g/mol. The zero-order valence-corrected chi connectivity index (χ0v) is 13.6. The minimum Gasteiger partial charge on any atom is -0.335 e. The number of thiophene rings is 1. The maximum absolute atomic E-state index is 12.6. The third kappa shape index (κ3) is 3.23. The molecule has 2 heterocycles. The van der Waals surface area contributed by atoms with E-state index in [-0.39, 0.29) is 17.7 Å². The molecule has 0 spiro atoms. The van der Waals surface area contributed by atoms with E-state index in [9.17, 15) is 9.59 Å². The second kappa shape index (κ2) is 6.63. The molecule has 3 rings (SSSR count). The molecule has 0 aliphatic carbocycles. The lowest BCUT2D eigenvalue weighted by Gasteiger charge is -2.24. The molecule has 114 valence electrons. The first-order valence-electron chi connectivity index (χ1n) is 7.28. The van der Waals surface area contributed by atoms with Gasteiger partial charge in [0.25, 0.3) is 5.91 Å². The molecule has 1 saturated heterocycles. The Kier molecular flexibility index (Phi) is 4.60. The minimum atomic E-state index is -0.0156. The predicted octanol–water partition coefficient (Wildman–Crippen LogP) is 4.28. The number of likely N-dealkylation sites (tertiary alicyclic amines) is 1. The smallest absolute Gasteiger partial charge is 0.254 e.